The molecule has 54 valence electrons. The minimum Gasteiger partial charge on any atom is -0.292 e. The van der Waals surface area contributed by atoms with Gasteiger partial charge >= 0.3 is 0 Å². The third-order valence-corrected chi connectivity index (χ3v) is 0.920. The summed E-state index contributed by atoms with van der Waals surface area (Å²) in [7, 11) is 0. The van der Waals surface area contributed by atoms with Gasteiger partial charge in [-0.15, -0.1) is 0 Å². The van der Waals surface area contributed by atoms with E-state index in [0.29, 0.717) is 0 Å². The van der Waals surface area contributed by atoms with Gasteiger partial charge in [0.15, 0.2) is 0 Å². The SMILES string of the molecule is CCCCNNC(C)=O. The van der Waals surface area contributed by atoms with Crippen LogP contribution in [0.3, 0.4) is 0 Å². The molecule has 0 aliphatic carbocycles. The fourth-order valence-corrected chi connectivity index (χ4v) is 0.452. The Hall–Kier alpha value is -0.570. The van der Waals surface area contributed by atoms with Crippen molar-refractivity contribution in [2.45, 2.75) is 26.7 Å². The molecule has 9 heavy (non-hydrogen) atoms. The molecule has 2 N–H and O–H groups in total. The summed E-state index contributed by atoms with van der Waals surface area (Å²) < 4.78 is 0. The van der Waals surface area contributed by atoms with Crippen LogP contribution in [0, 0.1) is 0 Å². The highest BCUT2D eigenvalue weighted by Crippen LogP contribution is 1.79. The van der Waals surface area contributed by atoms with Crippen molar-refractivity contribution in [1.82, 2.24) is 10.9 Å². The molecule has 0 spiro atoms. The number of nitrogens with one attached hydrogen (secondary N) is 2. The Kier molecular flexibility index (Phi) is 5.21. The molecule has 0 saturated carbocycles. The van der Waals surface area contributed by atoms with Crippen LogP contribution in [-0.4, -0.2) is 12.5 Å². The lowest BCUT2D eigenvalue weighted by Gasteiger charge is -2.01. The lowest BCUT2D eigenvalue weighted by Crippen LogP contribution is -2.36. The van der Waals surface area contributed by atoms with Crippen molar-refractivity contribution >= 4 is 5.91 Å². The highest BCUT2D eigenvalue weighted by molar-refractivity contribution is 5.72. The summed E-state index contributed by atoms with van der Waals surface area (Å²) in [4.78, 5) is 10.2. The minimum absolute atomic E-state index is 0.0360. The minimum atomic E-state index is -0.0360. The Bertz CT molecular complexity index is 83.1. The largest absolute Gasteiger partial charge is 0.292 e. The number of unbranched alkanes of at least 4 members (excludes halogenated alkanes) is 1. The highest BCUT2D eigenvalue weighted by atomic mass is 16.2. The normalized spacial score (nSPS) is 9.11. The summed E-state index contributed by atoms with van der Waals surface area (Å²) in [5, 5.41) is 0. The fraction of sp³-hybridized carbons (Fsp3) is 0.833. The van der Waals surface area contributed by atoms with Gasteiger partial charge in [-0.05, 0) is 6.42 Å². The molecular formula is C6H14N2O. The second kappa shape index (κ2) is 5.56. The predicted molar refractivity (Wildman–Crippen MR) is 36.7 cm³/mol. The van der Waals surface area contributed by atoms with Crippen LogP contribution >= 0.6 is 0 Å². The van der Waals surface area contributed by atoms with Crippen LogP contribution < -0.4 is 10.9 Å². The Morgan fingerprint density at radius 3 is 2.67 bits per heavy atom. The first-order valence-electron chi connectivity index (χ1n) is 3.26. The molecule has 0 aliphatic rings. The topological polar surface area (TPSA) is 41.1 Å². The molecule has 0 saturated heterocycles. The monoisotopic (exact) mass is 130 g/mol. The zero-order valence-corrected chi connectivity index (χ0v) is 6.03. The highest BCUT2D eigenvalue weighted by Gasteiger charge is 1.85. The number of hydrazine groups is 1. The maximum Gasteiger partial charge on any atom is 0.230 e. The van der Waals surface area contributed by atoms with Crippen molar-refractivity contribution in [1.29, 1.82) is 0 Å². The van der Waals surface area contributed by atoms with Gasteiger partial charge in [0.25, 0.3) is 0 Å². The lowest BCUT2D eigenvalue weighted by atomic mass is 10.3. The molecule has 0 aliphatic heterocycles. The first kappa shape index (κ1) is 8.43. The maximum atomic E-state index is 10.2. The van der Waals surface area contributed by atoms with E-state index in [9.17, 15) is 4.79 Å². The van der Waals surface area contributed by atoms with Crippen molar-refractivity contribution in [2.24, 2.45) is 0 Å². The average Bonchev–Trinajstić information content (AvgIpc) is 1.80. The molecule has 0 aromatic heterocycles. The molecule has 1 amide bonds. The molecule has 0 aromatic rings. The third-order valence-electron chi connectivity index (χ3n) is 0.920. The number of hydrogen-bond donors (Lipinski definition) is 2. The molecule has 0 heterocycles. The number of rotatable bonds is 4. The van der Waals surface area contributed by atoms with Crippen molar-refractivity contribution in [3.8, 4) is 0 Å². The van der Waals surface area contributed by atoms with E-state index in [1.165, 1.54) is 6.92 Å². The Morgan fingerprint density at radius 1 is 1.56 bits per heavy atom. The summed E-state index contributed by atoms with van der Waals surface area (Å²) in [5.74, 6) is -0.0360. The maximum absolute atomic E-state index is 10.2. The Morgan fingerprint density at radius 2 is 2.22 bits per heavy atom. The fourth-order valence-electron chi connectivity index (χ4n) is 0.452. The number of hydrogen-bond acceptors (Lipinski definition) is 2. The van der Waals surface area contributed by atoms with Crippen molar-refractivity contribution in [2.75, 3.05) is 6.54 Å². The van der Waals surface area contributed by atoms with E-state index >= 15 is 0 Å². The summed E-state index contributed by atoms with van der Waals surface area (Å²) in [6.07, 6.45) is 2.24. The third kappa shape index (κ3) is 7.43. The van der Waals surface area contributed by atoms with Crippen LogP contribution in [0.2, 0.25) is 0 Å². The molecule has 3 nitrogen and oxygen atoms in total. The van der Waals surface area contributed by atoms with Gasteiger partial charge in [-0.3, -0.25) is 10.2 Å². The van der Waals surface area contributed by atoms with Gasteiger partial charge in [0.05, 0.1) is 0 Å². The second-order valence-corrected chi connectivity index (χ2v) is 1.96. The van der Waals surface area contributed by atoms with E-state index in [4.69, 9.17) is 0 Å². The van der Waals surface area contributed by atoms with Crippen LogP contribution in [-0.2, 0) is 4.79 Å². The van der Waals surface area contributed by atoms with Crippen LogP contribution in [0.5, 0.6) is 0 Å². The van der Waals surface area contributed by atoms with E-state index in [1.807, 2.05) is 0 Å². The van der Waals surface area contributed by atoms with E-state index in [1.54, 1.807) is 0 Å². The van der Waals surface area contributed by atoms with Gasteiger partial charge in [0.2, 0.25) is 5.91 Å². The van der Waals surface area contributed by atoms with Gasteiger partial charge in [0, 0.05) is 13.5 Å². The van der Waals surface area contributed by atoms with Crippen LogP contribution in [0.1, 0.15) is 26.7 Å². The van der Waals surface area contributed by atoms with Gasteiger partial charge < -0.3 is 0 Å². The summed E-state index contributed by atoms with van der Waals surface area (Å²) in [6, 6.07) is 0. The van der Waals surface area contributed by atoms with E-state index in [2.05, 4.69) is 17.8 Å². The van der Waals surface area contributed by atoms with E-state index < -0.39 is 0 Å². The van der Waals surface area contributed by atoms with Crippen LogP contribution in [0.15, 0.2) is 0 Å². The van der Waals surface area contributed by atoms with Gasteiger partial charge in [-0.25, -0.2) is 5.43 Å². The van der Waals surface area contributed by atoms with E-state index in [0.717, 1.165) is 19.4 Å². The molecule has 0 radical (unpaired) electrons. The second-order valence-electron chi connectivity index (χ2n) is 1.96. The van der Waals surface area contributed by atoms with Gasteiger partial charge in [-0.2, -0.15) is 0 Å². The smallest absolute Gasteiger partial charge is 0.230 e. The van der Waals surface area contributed by atoms with Crippen molar-refractivity contribution < 1.29 is 4.79 Å². The average molecular weight is 130 g/mol. The molecule has 0 bridgehead atoms. The molecular weight excluding hydrogens is 116 g/mol. The Balaban J connectivity index is 2.83. The number of amides is 1. The molecule has 0 atom stereocenters. The molecule has 3 heteroatoms. The summed E-state index contributed by atoms with van der Waals surface area (Å²) >= 11 is 0. The number of carbonyl (C=O) groups excluding carboxylic acids is 1. The van der Waals surface area contributed by atoms with Gasteiger partial charge in [0.1, 0.15) is 0 Å². The Labute approximate surface area is 55.8 Å². The summed E-state index contributed by atoms with van der Waals surface area (Å²) in [5.41, 5.74) is 5.28. The zero-order valence-electron chi connectivity index (χ0n) is 6.03. The van der Waals surface area contributed by atoms with Gasteiger partial charge in [-0.1, -0.05) is 13.3 Å². The number of carbonyl (C=O) groups is 1. The summed E-state index contributed by atoms with van der Waals surface area (Å²) in [6.45, 7) is 4.45. The lowest BCUT2D eigenvalue weighted by molar-refractivity contribution is -0.119. The molecule has 0 fully saturated rings. The van der Waals surface area contributed by atoms with Crippen LogP contribution in [0.25, 0.3) is 0 Å². The van der Waals surface area contributed by atoms with Crippen molar-refractivity contribution in [3.05, 3.63) is 0 Å². The molecule has 0 aromatic carbocycles. The van der Waals surface area contributed by atoms with E-state index in [-0.39, 0.29) is 5.91 Å². The van der Waals surface area contributed by atoms with Crippen LogP contribution in [0.4, 0.5) is 0 Å². The zero-order chi connectivity index (χ0) is 7.11. The first-order valence-corrected chi connectivity index (χ1v) is 3.26. The first-order chi connectivity index (χ1) is 4.27. The quantitative estimate of drug-likeness (QED) is 0.428. The molecule has 0 rings (SSSR count). The van der Waals surface area contributed by atoms with Crippen molar-refractivity contribution in [3.63, 3.8) is 0 Å². The standard InChI is InChI=1S/C6H14N2O/c1-3-4-5-7-8-6(2)9/h7H,3-5H2,1-2H3,(H,8,9). The predicted octanol–water partition coefficient (Wildman–Crippen LogP) is 0.427. The molecule has 0 unspecified atom stereocenters.